The molecular formula is C15H19Cl2N3O4. The number of benzene rings is 1. The summed E-state index contributed by atoms with van der Waals surface area (Å²) in [5, 5.41) is 5.39. The average Bonchev–Trinajstić information content (AvgIpc) is 2.53. The fourth-order valence-corrected chi connectivity index (χ4v) is 2.21. The molecule has 2 amide bonds. The van der Waals surface area contributed by atoms with Gasteiger partial charge in [-0.1, -0.05) is 30.1 Å². The first-order valence-corrected chi connectivity index (χ1v) is 8.00. The summed E-state index contributed by atoms with van der Waals surface area (Å²) in [4.78, 5) is 35.3. The van der Waals surface area contributed by atoms with Gasteiger partial charge in [0.1, 0.15) is 6.04 Å². The molecule has 132 valence electrons. The van der Waals surface area contributed by atoms with Crippen molar-refractivity contribution in [2.45, 2.75) is 26.3 Å². The second-order valence-electron chi connectivity index (χ2n) is 5.01. The number of carbonyl (C=O) groups is 3. The minimum absolute atomic E-state index is 0.0128. The van der Waals surface area contributed by atoms with Crippen molar-refractivity contribution in [1.82, 2.24) is 10.6 Å². The predicted molar refractivity (Wildman–Crippen MR) is 92.1 cm³/mol. The highest BCUT2D eigenvalue weighted by atomic mass is 35.5. The monoisotopic (exact) mass is 375 g/mol. The first-order valence-electron chi connectivity index (χ1n) is 7.25. The van der Waals surface area contributed by atoms with E-state index in [0.717, 1.165) is 6.42 Å². The minimum atomic E-state index is -0.838. The average molecular weight is 376 g/mol. The molecule has 0 aliphatic rings. The van der Waals surface area contributed by atoms with Crippen LogP contribution in [0.25, 0.3) is 0 Å². The fourth-order valence-electron chi connectivity index (χ4n) is 1.71. The quantitative estimate of drug-likeness (QED) is 0.496. The highest BCUT2D eigenvalue weighted by Gasteiger charge is 2.19. The van der Waals surface area contributed by atoms with Gasteiger partial charge in [0.05, 0.1) is 16.3 Å². The van der Waals surface area contributed by atoms with Crippen molar-refractivity contribution in [3.05, 3.63) is 27.7 Å². The smallest absolute Gasteiger partial charge is 0.340 e. The molecule has 0 unspecified atom stereocenters. The lowest BCUT2D eigenvalue weighted by atomic mass is 10.2. The Hall–Kier alpha value is -1.99. The lowest BCUT2D eigenvalue weighted by molar-refractivity contribution is -0.130. The molecule has 0 heterocycles. The van der Waals surface area contributed by atoms with Crippen molar-refractivity contribution in [2.75, 3.05) is 18.9 Å². The lowest BCUT2D eigenvalue weighted by Crippen LogP contribution is -2.46. The third kappa shape index (κ3) is 5.90. The Morgan fingerprint density at radius 3 is 2.58 bits per heavy atom. The molecule has 1 aromatic rings. The van der Waals surface area contributed by atoms with Crippen LogP contribution in [-0.2, 0) is 14.3 Å². The molecule has 1 aromatic carbocycles. The normalized spacial score (nSPS) is 11.5. The second-order valence-corrected chi connectivity index (χ2v) is 5.85. The van der Waals surface area contributed by atoms with E-state index < -0.39 is 24.5 Å². The summed E-state index contributed by atoms with van der Waals surface area (Å²) in [6.45, 7) is 3.40. The van der Waals surface area contributed by atoms with Crippen LogP contribution in [-0.4, -0.2) is 37.0 Å². The molecule has 0 radical (unpaired) electrons. The summed E-state index contributed by atoms with van der Waals surface area (Å²) in [5.74, 6) is -1.77. The van der Waals surface area contributed by atoms with Gasteiger partial charge in [-0.3, -0.25) is 9.59 Å². The van der Waals surface area contributed by atoms with Crippen molar-refractivity contribution in [3.63, 3.8) is 0 Å². The molecular weight excluding hydrogens is 357 g/mol. The largest absolute Gasteiger partial charge is 0.452 e. The maximum absolute atomic E-state index is 12.0. The predicted octanol–water partition coefficient (Wildman–Crippen LogP) is 1.76. The van der Waals surface area contributed by atoms with Gasteiger partial charge in [-0.15, -0.1) is 0 Å². The van der Waals surface area contributed by atoms with E-state index in [0.29, 0.717) is 6.54 Å². The van der Waals surface area contributed by atoms with Crippen LogP contribution in [0.4, 0.5) is 5.69 Å². The molecule has 1 atom stereocenters. The molecule has 24 heavy (non-hydrogen) atoms. The Morgan fingerprint density at radius 1 is 1.29 bits per heavy atom. The van der Waals surface area contributed by atoms with Gasteiger partial charge in [0.15, 0.2) is 6.61 Å². The molecule has 0 aromatic heterocycles. The second kappa shape index (κ2) is 9.34. The number of nitrogens with one attached hydrogen (secondary N) is 2. The molecule has 0 aliphatic heterocycles. The van der Waals surface area contributed by atoms with E-state index in [1.807, 2.05) is 6.92 Å². The maximum Gasteiger partial charge on any atom is 0.340 e. The highest BCUT2D eigenvalue weighted by molar-refractivity contribution is 6.37. The van der Waals surface area contributed by atoms with Crippen LogP contribution >= 0.6 is 23.2 Å². The Bertz CT molecular complexity index is 637. The number of rotatable bonds is 7. The number of amides is 2. The number of nitrogen functional groups attached to an aromatic ring is 1. The zero-order valence-electron chi connectivity index (χ0n) is 13.3. The number of ether oxygens (including phenoxy) is 1. The first kappa shape index (κ1) is 20.1. The highest BCUT2D eigenvalue weighted by Crippen LogP contribution is 2.27. The molecule has 7 nitrogen and oxygen atoms in total. The minimum Gasteiger partial charge on any atom is -0.452 e. The van der Waals surface area contributed by atoms with Crippen LogP contribution in [0.3, 0.4) is 0 Å². The Labute approximate surface area is 149 Å². The van der Waals surface area contributed by atoms with Crippen LogP contribution < -0.4 is 16.4 Å². The van der Waals surface area contributed by atoms with E-state index >= 15 is 0 Å². The van der Waals surface area contributed by atoms with Crippen molar-refractivity contribution in [1.29, 1.82) is 0 Å². The Morgan fingerprint density at radius 2 is 1.96 bits per heavy atom. The zero-order valence-corrected chi connectivity index (χ0v) is 14.8. The lowest BCUT2D eigenvalue weighted by Gasteiger charge is -2.14. The third-order valence-corrected chi connectivity index (χ3v) is 3.50. The van der Waals surface area contributed by atoms with E-state index in [1.165, 1.54) is 19.1 Å². The van der Waals surface area contributed by atoms with Crippen molar-refractivity contribution < 1.29 is 19.1 Å². The van der Waals surface area contributed by atoms with Gasteiger partial charge in [-0.2, -0.15) is 0 Å². The number of halogens is 2. The van der Waals surface area contributed by atoms with Crippen molar-refractivity contribution >= 4 is 46.7 Å². The summed E-state index contributed by atoms with van der Waals surface area (Å²) >= 11 is 11.6. The molecule has 0 fully saturated rings. The summed E-state index contributed by atoms with van der Waals surface area (Å²) in [5.41, 5.74) is 5.66. The summed E-state index contributed by atoms with van der Waals surface area (Å²) < 4.78 is 4.86. The van der Waals surface area contributed by atoms with Crippen LogP contribution in [0.15, 0.2) is 12.1 Å². The van der Waals surface area contributed by atoms with E-state index in [1.54, 1.807) is 0 Å². The molecule has 0 aliphatic carbocycles. The Balaban J connectivity index is 2.55. The van der Waals surface area contributed by atoms with Gasteiger partial charge >= 0.3 is 5.97 Å². The van der Waals surface area contributed by atoms with E-state index in [4.69, 9.17) is 33.7 Å². The number of esters is 1. The van der Waals surface area contributed by atoms with Gasteiger partial charge in [-0.25, -0.2) is 4.79 Å². The summed E-state index contributed by atoms with van der Waals surface area (Å²) in [6.07, 6.45) is 0.785. The molecule has 0 saturated carbocycles. The first-order chi connectivity index (χ1) is 11.3. The summed E-state index contributed by atoms with van der Waals surface area (Å²) in [6, 6.07) is 1.94. The van der Waals surface area contributed by atoms with Crippen LogP contribution in [0.5, 0.6) is 0 Å². The SMILES string of the molecule is CCCNC(=O)[C@@H](C)NC(=O)COC(=O)c1cc(Cl)cc(Cl)c1N. The van der Waals surface area contributed by atoms with Crippen molar-refractivity contribution in [2.24, 2.45) is 0 Å². The van der Waals surface area contributed by atoms with E-state index in [2.05, 4.69) is 10.6 Å². The van der Waals surface area contributed by atoms with Gasteiger partial charge < -0.3 is 21.1 Å². The molecule has 9 heteroatoms. The third-order valence-electron chi connectivity index (χ3n) is 2.97. The molecule has 4 N–H and O–H groups in total. The summed E-state index contributed by atoms with van der Waals surface area (Å²) in [7, 11) is 0. The molecule has 0 saturated heterocycles. The van der Waals surface area contributed by atoms with Crippen LogP contribution in [0.2, 0.25) is 10.0 Å². The van der Waals surface area contributed by atoms with Gasteiger partial charge in [0, 0.05) is 11.6 Å². The van der Waals surface area contributed by atoms with Gasteiger partial charge in [0.25, 0.3) is 5.91 Å². The van der Waals surface area contributed by atoms with Crippen molar-refractivity contribution in [3.8, 4) is 0 Å². The fraction of sp³-hybridized carbons (Fsp3) is 0.400. The molecule has 0 bridgehead atoms. The molecule has 1 rings (SSSR count). The van der Waals surface area contributed by atoms with Crippen LogP contribution in [0.1, 0.15) is 30.6 Å². The van der Waals surface area contributed by atoms with E-state index in [9.17, 15) is 14.4 Å². The standard InChI is InChI=1S/C15H19Cl2N3O4/c1-3-4-19-14(22)8(2)20-12(21)7-24-15(23)10-5-9(16)6-11(17)13(10)18/h5-6,8H,3-4,7,18H2,1-2H3,(H,19,22)(H,20,21)/t8-/m1/s1. The van der Waals surface area contributed by atoms with Crippen LogP contribution in [0, 0.1) is 0 Å². The number of carbonyl (C=O) groups excluding carboxylic acids is 3. The number of hydrogen-bond acceptors (Lipinski definition) is 5. The number of anilines is 1. The number of hydrogen-bond donors (Lipinski definition) is 3. The Kier molecular flexibility index (Phi) is 7.81. The number of nitrogens with two attached hydrogens (primary N) is 1. The van der Waals surface area contributed by atoms with Gasteiger partial charge in [-0.05, 0) is 25.5 Å². The topological polar surface area (TPSA) is 111 Å². The molecule has 0 spiro atoms. The maximum atomic E-state index is 12.0. The van der Waals surface area contributed by atoms with E-state index in [-0.39, 0.29) is 27.2 Å². The zero-order chi connectivity index (χ0) is 18.3. The van der Waals surface area contributed by atoms with Gasteiger partial charge in [0.2, 0.25) is 5.91 Å².